The highest BCUT2D eigenvalue weighted by Crippen LogP contribution is 2.32. The van der Waals surface area contributed by atoms with Gasteiger partial charge in [-0.25, -0.2) is 4.79 Å². The van der Waals surface area contributed by atoms with E-state index in [0.29, 0.717) is 26.2 Å². The van der Waals surface area contributed by atoms with E-state index in [1.165, 1.54) is 12.5 Å². The summed E-state index contributed by atoms with van der Waals surface area (Å²) in [6.45, 7) is 8.49. The monoisotopic (exact) mass is 481 g/mol. The van der Waals surface area contributed by atoms with E-state index >= 15 is 0 Å². The van der Waals surface area contributed by atoms with E-state index < -0.39 is 6.10 Å². The molecule has 1 atom stereocenters. The summed E-state index contributed by atoms with van der Waals surface area (Å²) in [7, 11) is 0. The molecular formula is C27H31NO5S. The molecule has 1 amide bonds. The number of benzene rings is 2. The first-order valence-electron chi connectivity index (χ1n) is 11.4. The maximum absolute atomic E-state index is 12.1. The van der Waals surface area contributed by atoms with Gasteiger partial charge >= 0.3 is 5.97 Å². The number of thiophene rings is 1. The SMILES string of the molecule is CCOC(=O)[C@H](Cc1ccc(OCc2sc(-c3ccc(NC(C)=O)cc3)cc2C)cc1)OCC. The molecule has 3 aromatic rings. The molecule has 7 heteroatoms. The van der Waals surface area contributed by atoms with Crippen molar-refractivity contribution in [1.29, 1.82) is 0 Å². The molecule has 0 aliphatic heterocycles. The van der Waals surface area contributed by atoms with Crippen molar-refractivity contribution in [2.75, 3.05) is 18.5 Å². The van der Waals surface area contributed by atoms with Gasteiger partial charge in [0.2, 0.25) is 5.91 Å². The highest BCUT2D eigenvalue weighted by Gasteiger charge is 2.20. The first-order chi connectivity index (χ1) is 16.4. The van der Waals surface area contributed by atoms with Crippen LogP contribution in [0.5, 0.6) is 5.75 Å². The Morgan fingerprint density at radius 2 is 1.71 bits per heavy atom. The molecule has 0 saturated carbocycles. The Balaban J connectivity index is 1.60. The molecule has 0 bridgehead atoms. The fraction of sp³-hybridized carbons (Fsp3) is 0.333. The molecule has 0 unspecified atom stereocenters. The Morgan fingerprint density at radius 1 is 1.00 bits per heavy atom. The van der Waals surface area contributed by atoms with Crippen LogP contribution in [0.3, 0.4) is 0 Å². The van der Waals surface area contributed by atoms with Crippen LogP contribution in [0.15, 0.2) is 54.6 Å². The van der Waals surface area contributed by atoms with E-state index in [2.05, 4.69) is 18.3 Å². The minimum atomic E-state index is -0.601. The summed E-state index contributed by atoms with van der Waals surface area (Å²) in [6.07, 6.45) is -0.141. The lowest BCUT2D eigenvalue weighted by molar-refractivity contribution is -0.156. The van der Waals surface area contributed by atoms with Gasteiger partial charge in [0, 0.05) is 35.4 Å². The highest BCUT2D eigenvalue weighted by atomic mass is 32.1. The van der Waals surface area contributed by atoms with Gasteiger partial charge in [0.15, 0.2) is 6.10 Å². The van der Waals surface area contributed by atoms with Crippen LogP contribution >= 0.6 is 11.3 Å². The standard InChI is InChI=1S/C27H31NO5S/c1-5-31-24(27(30)32-6-2)16-20-7-13-23(14-8-20)33-17-26-18(3)15-25(34-26)21-9-11-22(12-10-21)28-19(4)29/h7-15,24H,5-6,16-17H2,1-4H3,(H,28,29)/t24-/m0/s1. The molecule has 2 aromatic carbocycles. The molecule has 1 N–H and O–H groups in total. The zero-order valence-corrected chi connectivity index (χ0v) is 20.9. The number of anilines is 1. The number of carbonyl (C=O) groups is 2. The van der Waals surface area contributed by atoms with E-state index in [0.717, 1.165) is 32.3 Å². The Hall–Kier alpha value is -3.16. The van der Waals surface area contributed by atoms with E-state index in [4.69, 9.17) is 14.2 Å². The second-order valence-electron chi connectivity index (χ2n) is 7.81. The Morgan fingerprint density at radius 3 is 2.32 bits per heavy atom. The molecule has 0 radical (unpaired) electrons. The zero-order valence-electron chi connectivity index (χ0n) is 20.1. The summed E-state index contributed by atoms with van der Waals surface area (Å²) in [5.41, 5.74) is 4.04. The predicted octanol–water partition coefficient (Wildman–Crippen LogP) is 5.77. The number of nitrogens with one attached hydrogen (secondary N) is 1. The zero-order chi connectivity index (χ0) is 24.5. The lowest BCUT2D eigenvalue weighted by Gasteiger charge is -2.15. The van der Waals surface area contributed by atoms with Gasteiger partial charge in [-0.3, -0.25) is 4.79 Å². The number of carbonyl (C=O) groups excluding carboxylic acids is 2. The topological polar surface area (TPSA) is 73.9 Å². The Labute approximate surface area is 204 Å². The average Bonchev–Trinajstić information content (AvgIpc) is 3.19. The maximum atomic E-state index is 12.1. The quantitative estimate of drug-likeness (QED) is 0.352. The van der Waals surface area contributed by atoms with Crippen LogP contribution in [0.1, 0.15) is 36.8 Å². The third-order valence-electron chi connectivity index (χ3n) is 5.14. The van der Waals surface area contributed by atoms with Gasteiger partial charge in [0.05, 0.1) is 6.61 Å². The van der Waals surface area contributed by atoms with E-state index in [1.54, 1.807) is 18.3 Å². The third-order valence-corrected chi connectivity index (χ3v) is 6.40. The van der Waals surface area contributed by atoms with Gasteiger partial charge in [0.1, 0.15) is 12.4 Å². The van der Waals surface area contributed by atoms with Crippen molar-refractivity contribution < 1.29 is 23.8 Å². The maximum Gasteiger partial charge on any atom is 0.335 e. The van der Waals surface area contributed by atoms with Crippen LogP contribution in [-0.4, -0.2) is 31.2 Å². The Bertz CT molecular complexity index is 1090. The fourth-order valence-corrected chi connectivity index (χ4v) is 4.55. The normalized spacial score (nSPS) is 11.6. The third kappa shape index (κ3) is 7.17. The number of aryl methyl sites for hydroxylation is 1. The molecule has 0 spiro atoms. The van der Waals surface area contributed by atoms with Gasteiger partial charge in [-0.2, -0.15) is 0 Å². The van der Waals surface area contributed by atoms with Crippen molar-refractivity contribution in [1.82, 2.24) is 0 Å². The van der Waals surface area contributed by atoms with Crippen molar-refractivity contribution in [3.8, 4) is 16.2 Å². The lowest BCUT2D eigenvalue weighted by atomic mass is 10.1. The number of esters is 1. The second-order valence-corrected chi connectivity index (χ2v) is 8.94. The number of hydrogen-bond acceptors (Lipinski definition) is 6. The van der Waals surface area contributed by atoms with Gasteiger partial charge < -0.3 is 19.5 Å². The fourth-order valence-electron chi connectivity index (χ4n) is 3.46. The summed E-state index contributed by atoms with van der Waals surface area (Å²) >= 11 is 1.70. The van der Waals surface area contributed by atoms with Crippen molar-refractivity contribution >= 4 is 28.9 Å². The van der Waals surface area contributed by atoms with E-state index in [1.807, 2.05) is 55.5 Å². The number of rotatable bonds is 11. The highest BCUT2D eigenvalue weighted by molar-refractivity contribution is 7.15. The van der Waals surface area contributed by atoms with Crippen LogP contribution in [0.4, 0.5) is 5.69 Å². The molecule has 6 nitrogen and oxygen atoms in total. The van der Waals surface area contributed by atoms with Gasteiger partial charge in [0.25, 0.3) is 0 Å². The molecule has 180 valence electrons. The smallest absolute Gasteiger partial charge is 0.335 e. The summed E-state index contributed by atoms with van der Waals surface area (Å²) in [4.78, 5) is 25.6. The van der Waals surface area contributed by atoms with Crippen LogP contribution in [-0.2, 0) is 32.1 Å². The largest absolute Gasteiger partial charge is 0.488 e. The average molecular weight is 482 g/mol. The number of amides is 1. The molecular weight excluding hydrogens is 450 g/mol. The molecule has 34 heavy (non-hydrogen) atoms. The Kier molecular flexibility index (Phi) is 9.24. The van der Waals surface area contributed by atoms with Gasteiger partial charge in [-0.05, 0) is 67.8 Å². The van der Waals surface area contributed by atoms with Crippen LogP contribution in [0, 0.1) is 6.92 Å². The summed E-state index contributed by atoms with van der Waals surface area (Å²) < 4.78 is 16.7. The first kappa shape index (κ1) is 25.5. The van der Waals surface area contributed by atoms with Crippen LogP contribution in [0.25, 0.3) is 10.4 Å². The minimum Gasteiger partial charge on any atom is -0.488 e. The number of hydrogen-bond donors (Lipinski definition) is 1. The molecule has 3 rings (SSSR count). The van der Waals surface area contributed by atoms with Gasteiger partial charge in [-0.1, -0.05) is 24.3 Å². The minimum absolute atomic E-state index is 0.0831. The number of ether oxygens (including phenoxy) is 3. The summed E-state index contributed by atoms with van der Waals surface area (Å²) in [6, 6.07) is 17.7. The molecule has 0 saturated heterocycles. The predicted molar refractivity (Wildman–Crippen MR) is 135 cm³/mol. The molecule has 0 aliphatic rings. The molecule has 0 fully saturated rings. The van der Waals surface area contributed by atoms with Crippen molar-refractivity contribution in [3.05, 3.63) is 70.6 Å². The van der Waals surface area contributed by atoms with Gasteiger partial charge in [-0.15, -0.1) is 11.3 Å². The molecule has 1 aromatic heterocycles. The van der Waals surface area contributed by atoms with Crippen molar-refractivity contribution in [2.45, 2.75) is 46.8 Å². The first-order valence-corrected chi connectivity index (χ1v) is 12.2. The second kappa shape index (κ2) is 12.3. The van der Waals surface area contributed by atoms with E-state index in [-0.39, 0.29) is 11.9 Å². The van der Waals surface area contributed by atoms with Crippen LogP contribution in [0.2, 0.25) is 0 Å². The summed E-state index contributed by atoms with van der Waals surface area (Å²) in [5, 5.41) is 2.78. The van der Waals surface area contributed by atoms with Crippen molar-refractivity contribution in [3.63, 3.8) is 0 Å². The lowest BCUT2D eigenvalue weighted by Crippen LogP contribution is -2.28. The molecule has 1 heterocycles. The van der Waals surface area contributed by atoms with E-state index in [9.17, 15) is 9.59 Å². The van der Waals surface area contributed by atoms with Crippen LogP contribution < -0.4 is 10.1 Å². The van der Waals surface area contributed by atoms with Crippen molar-refractivity contribution in [2.24, 2.45) is 0 Å². The molecule has 0 aliphatic carbocycles. The summed E-state index contributed by atoms with van der Waals surface area (Å²) in [5.74, 6) is 0.348.